The molecule has 9 heteroatoms. The Balaban J connectivity index is 1.66. The quantitative estimate of drug-likeness (QED) is 0.593. The first-order chi connectivity index (χ1) is 14.0. The smallest absolute Gasteiger partial charge is 0.257 e. The van der Waals surface area contributed by atoms with Crippen molar-refractivity contribution in [1.29, 1.82) is 0 Å². The van der Waals surface area contributed by atoms with Gasteiger partial charge in [-0.1, -0.05) is 12.1 Å². The van der Waals surface area contributed by atoms with Gasteiger partial charge in [0.2, 0.25) is 10.0 Å². The van der Waals surface area contributed by atoms with E-state index in [1.54, 1.807) is 33.0 Å². The van der Waals surface area contributed by atoms with Crippen molar-refractivity contribution in [3.05, 3.63) is 76.5 Å². The zero-order valence-corrected chi connectivity index (χ0v) is 18.4. The number of nitrogens with one attached hydrogen (secondary N) is 2. The number of anilines is 1. The first-order valence-corrected chi connectivity index (χ1v) is 11.5. The van der Waals surface area contributed by atoms with Gasteiger partial charge in [-0.05, 0) is 62.7 Å². The van der Waals surface area contributed by atoms with Crippen LogP contribution in [0.2, 0.25) is 0 Å². The molecule has 6 nitrogen and oxygen atoms in total. The van der Waals surface area contributed by atoms with Crippen LogP contribution in [-0.4, -0.2) is 24.8 Å². The van der Waals surface area contributed by atoms with E-state index in [9.17, 15) is 17.6 Å². The summed E-state index contributed by atoms with van der Waals surface area (Å²) in [5, 5.41) is 3.12. The molecule has 0 aliphatic heterocycles. The van der Waals surface area contributed by atoms with E-state index < -0.39 is 21.5 Å². The van der Waals surface area contributed by atoms with Crippen molar-refractivity contribution < 1.29 is 17.6 Å². The number of aromatic nitrogens is 1. The Morgan fingerprint density at radius 1 is 1.13 bits per heavy atom. The van der Waals surface area contributed by atoms with E-state index in [1.807, 2.05) is 6.07 Å². The number of carbonyl (C=O) groups is 1. The van der Waals surface area contributed by atoms with Crippen molar-refractivity contribution in [1.82, 2.24) is 9.71 Å². The molecule has 0 unspecified atom stereocenters. The topological polar surface area (TPSA) is 88.2 Å². The molecule has 158 valence electrons. The maximum absolute atomic E-state index is 13.3. The molecule has 3 rings (SSSR count). The average molecular weight is 448 g/mol. The van der Waals surface area contributed by atoms with E-state index >= 15 is 0 Å². The molecular formula is C21H22FN3O3S2. The van der Waals surface area contributed by atoms with Gasteiger partial charge in [0.25, 0.3) is 5.91 Å². The molecule has 0 bridgehead atoms. The van der Waals surface area contributed by atoms with Crippen LogP contribution in [0.15, 0.2) is 59.6 Å². The third-order valence-electron chi connectivity index (χ3n) is 3.91. The molecule has 0 atom stereocenters. The van der Waals surface area contributed by atoms with E-state index in [1.165, 1.54) is 47.7 Å². The summed E-state index contributed by atoms with van der Waals surface area (Å²) < 4.78 is 40.6. The van der Waals surface area contributed by atoms with Crippen molar-refractivity contribution in [2.75, 3.05) is 5.32 Å². The molecule has 2 N–H and O–H groups in total. The molecular weight excluding hydrogens is 425 g/mol. The van der Waals surface area contributed by atoms with E-state index in [0.29, 0.717) is 17.1 Å². The lowest BCUT2D eigenvalue weighted by molar-refractivity contribution is 0.102. The Morgan fingerprint density at radius 2 is 1.83 bits per heavy atom. The Bertz CT molecular complexity index is 1150. The summed E-state index contributed by atoms with van der Waals surface area (Å²) >= 11 is 1.30. The van der Waals surface area contributed by atoms with Gasteiger partial charge in [0.05, 0.1) is 4.90 Å². The summed E-state index contributed by atoms with van der Waals surface area (Å²) in [4.78, 5) is 17.6. The number of amides is 1. The highest BCUT2D eigenvalue weighted by Crippen LogP contribution is 2.22. The van der Waals surface area contributed by atoms with Gasteiger partial charge in [-0.3, -0.25) is 10.1 Å². The number of hydrogen-bond donors (Lipinski definition) is 2. The highest BCUT2D eigenvalue weighted by molar-refractivity contribution is 7.89. The van der Waals surface area contributed by atoms with Gasteiger partial charge in [-0.2, -0.15) is 0 Å². The monoisotopic (exact) mass is 447 g/mol. The van der Waals surface area contributed by atoms with Gasteiger partial charge >= 0.3 is 0 Å². The predicted octanol–water partition coefficient (Wildman–Crippen LogP) is 4.20. The molecule has 0 radical (unpaired) electrons. The number of hydrogen-bond acceptors (Lipinski definition) is 5. The van der Waals surface area contributed by atoms with E-state index in [-0.39, 0.29) is 10.7 Å². The van der Waals surface area contributed by atoms with E-state index in [2.05, 4.69) is 15.0 Å². The van der Waals surface area contributed by atoms with Crippen LogP contribution in [0.1, 0.15) is 41.6 Å². The fraction of sp³-hybridized carbons (Fsp3) is 0.238. The van der Waals surface area contributed by atoms with Crippen LogP contribution < -0.4 is 10.0 Å². The van der Waals surface area contributed by atoms with Crippen molar-refractivity contribution >= 4 is 32.4 Å². The molecule has 0 saturated carbocycles. The molecule has 1 amide bonds. The second-order valence-electron chi connectivity index (χ2n) is 7.77. The third kappa shape index (κ3) is 5.94. The summed E-state index contributed by atoms with van der Waals surface area (Å²) in [7, 11) is -3.67. The molecule has 2 aromatic carbocycles. The van der Waals surface area contributed by atoms with Gasteiger partial charge in [0.15, 0.2) is 5.13 Å². The third-order valence-corrected chi connectivity index (χ3v) is 6.60. The zero-order valence-electron chi connectivity index (χ0n) is 16.8. The van der Waals surface area contributed by atoms with Crippen LogP contribution in [0.5, 0.6) is 0 Å². The molecule has 0 fully saturated rings. The fourth-order valence-electron chi connectivity index (χ4n) is 2.71. The first kappa shape index (κ1) is 22.1. The Hall–Kier alpha value is -2.62. The molecule has 1 aromatic heterocycles. The van der Waals surface area contributed by atoms with E-state index in [4.69, 9.17) is 0 Å². The summed E-state index contributed by atoms with van der Waals surface area (Å²) in [6, 6.07) is 12.0. The lowest BCUT2D eigenvalue weighted by Crippen LogP contribution is -2.40. The van der Waals surface area contributed by atoms with Crippen LogP contribution in [0.4, 0.5) is 9.52 Å². The summed E-state index contributed by atoms with van der Waals surface area (Å²) in [5.41, 5.74) is 0.520. The van der Waals surface area contributed by atoms with Crippen molar-refractivity contribution in [3.8, 4) is 0 Å². The largest absolute Gasteiger partial charge is 0.298 e. The van der Waals surface area contributed by atoms with Crippen molar-refractivity contribution in [3.63, 3.8) is 0 Å². The summed E-state index contributed by atoms with van der Waals surface area (Å²) in [5.74, 6) is -0.692. The molecule has 3 aromatic rings. The minimum Gasteiger partial charge on any atom is -0.298 e. The number of carbonyl (C=O) groups excluding carboxylic acids is 1. The van der Waals surface area contributed by atoms with Crippen LogP contribution in [-0.2, 0) is 16.4 Å². The van der Waals surface area contributed by atoms with Gasteiger partial charge in [0.1, 0.15) is 5.82 Å². The maximum atomic E-state index is 13.3. The second-order valence-corrected chi connectivity index (χ2v) is 10.6. The van der Waals surface area contributed by atoms with Gasteiger partial charge in [0, 0.05) is 28.6 Å². The highest BCUT2D eigenvalue weighted by Gasteiger charge is 2.22. The van der Waals surface area contributed by atoms with Gasteiger partial charge in [-0.25, -0.2) is 22.5 Å². The predicted molar refractivity (Wildman–Crippen MR) is 116 cm³/mol. The van der Waals surface area contributed by atoms with Crippen LogP contribution >= 0.6 is 11.3 Å². The molecule has 0 spiro atoms. The molecule has 0 aliphatic rings. The molecule has 0 saturated heterocycles. The molecule has 30 heavy (non-hydrogen) atoms. The average Bonchev–Trinajstić information content (AvgIpc) is 3.06. The fourth-order valence-corrected chi connectivity index (χ4v) is 4.97. The zero-order chi connectivity index (χ0) is 21.9. The van der Waals surface area contributed by atoms with Crippen LogP contribution in [0, 0.1) is 5.82 Å². The van der Waals surface area contributed by atoms with Crippen LogP contribution in [0.3, 0.4) is 0 Å². The second kappa shape index (κ2) is 8.63. The number of rotatable bonds is 6. The Morgan fingerprint density at radius 3 is 2.47 bits per heavy atom. The number of thiazole rings is 1. The normalized spacial score (nSPS) is 12.0. The minimum atomic E-state index is -3.67. The van der Waals surface area contributed by atoms with Gasteiger partial charge < -0.3 is 0 Å². The number of halogens is 1. The van der Waals surface area contributed by atoms with Gasteiger partial charge in [-0.15, -0.1) is 11.3 Å². The lowest BCUT2D eigenvalue weighted by Gasteiger charge is -2.20. The number of benzene rings is 2. The Kier molecular flexibility index (Phi) is 6.35. The summed E-state index contributed by atoms with van der Waals surface area (Å²) in [6.07, 6.45) is 2.15. The number of nitrogens with zero attached hydrogens (tertiary/aromatic N) is 1. The number of sulfonamides is 1. The molecule has 1 heterocycles. The van der Waals surface area contributed by atoms with Crippen molar-refractivity contribution in [2.24, 2.45) is 0 Å². The lowest BCUT2D eigenvalue weighted by atomic mass is 10.1. The minimum absolute atomic E-state index is 0.0839. The van der Waals surface area contributed by atoms with E-state index in [0.717, 1.165) is 10.4 Å². The standard InChI is InChI=1S/C21H22FN3O3S2/c1-21(2,3)25-30(27,28)18-9-7-15(8-10-18)19(26)24-20-23-13-17(29-20)12-14-5-4-6-16(22)11-14/h4-11,13,25H,12H2,1-3H3,(H,23,24,26). The summed E-state index contributed by atoms with van der Waals surface area (Å²) in [6.45, 7) is 5.26. The first-order valence-electron chi connectivity index (χ1n) is 9.16. The van der Waals surface area contributed by atoms with Crippen LogP contribution in [0.25, 0.3) is 0 Å². The molecule has 0 aliphatic carbocycles. The highest BCUT2D eigenvalue weighted by atomic mass is 32.2. The Labute approximate surface area is 179 Å². The van der Waals surface area contributed by atoms with Crippen molar-refractivity contribution in [2.45, 2.75) is 37.6 Å². The maximum Gasteiger partial charge on any atom is 0.257 e. The SMILES string of the molecule is CC(C)(C)NS(=O)(=O)c1ccc(C(=O)Nc2ncc(Cc3cccc(F)c3)s2)cc1.